The number of nitrogens with zero attached hydrogens (tertiary/aromatic N) is 1. The van der Waals surface area contributed by atoms with Crippen LogP contribution in [0.15, 0.2) is 42.5 Å². The summed E-state index contributed by atoms with van der Waals surface area (Å²) in [6, 6.07) is 14.5. The third-order valence-corrected chi connectivity index (χ3v) is 7.59. The number of ether oxygens (including phenoxy) is 1. The van der Waals surface area contributed by atoms with Crippen molar-refractivity contribution < 1.29 is 19.4 Å². The third-order valence-electron chi connectivity index (χ3n) is 7.59. The van der Waals surface area contributed by atoms with Crippen LogP contribution in [-0.4, -0.2) is 28.2 Å². The molecule has 3 N–H and O–H groups in total. The second-order valence-electron chi connectivity index (χ2n) is 9.66. The van der Waals surface area contributed by atoms with Gasteiger partial charge in [0.05, 0.1) is 11.4 Å². The number of hydrogen-bond donors (Lipinski definition) is 2. The molecule has 1 heterocycles. The van der Waals surface area contributed by atoms with Gasteiger partial charge in [-0.15, -0.1) is 0 Å². The summed E-state index contributed by atoms with van der Waals surface area (Å²) in [5.74, 6) is -0.673. The molecule has 0 spiro atoms. The second-order valence-corrected chi connectivity index (χ2v) is 9.66. The third kappa shape index (κ3) is 4.17. The van der Waals surface area contributed by atoms with Crippen LogP contribution < -0.4 is 10.5 Å². The lowest BCUT2D eigenvalue weighted by molar-refractivity contribution is -0.139. The van der Waals surface area contributed by atoms with Gasteiger partial charge in [0, 0.05) is 17.6 Å². The Morgan fingerprint density at radius 2 is 1.76 bits per heavy atom. The molecular formula is C28H32N2O4. The van der Waals surface area contributed by atoms with Crippen LogP contribution in [0.25, 0.3) is 10.9 Å². The topological polar surface area (TPSA) is 94.6 Å². The molecule has 6 nitrogen and oxygen atoms in total. The Hall–Kier alpha value is -3.28. The maximum Gasteiger partial charge on any atom is 0.341 e. The summed E-state index contributed by atoms with van der Waals surface area (Å²) in [5.41, 5.74) is 11.5. The summed E-state index contributed by atoms with van der Waals surface area (Å²) in [6.45, 7) is 0.289. The van der Waals surface area contributed by atoms with Crippen LogP contribution in [0, 0.1) is 0 Å². The minimum atomic E-state index is -1.03. The average Bonchev–Trinajstić information content (AvgIpc) is 3.26. The lowest BCUT2D eigenvalue weighted by atomic mass is 9.88. The minimum absolute atomic E-state index is 0.343. The van der Waals surface area contributed by atoms with Crippen molar-refractivity contribution in [1.82, 2.24) is 4.57 Å². The minimum Gasteiger partial charge on any atom is -0.481 e. The maximum absolute atomic E-state index is 12.3. The van der Waals surface area contributed by atoms with E-state index in [2.05, 4.69) is 28.8 Å². The van der Waals surface area contributed by atoms with E-state index in [1.54, 1.807) is 6.07 Å². The van der Waals surface area contributed by atoms with Crippen molar-refractivity contribution in [3.63, 3.8) is 0 Å². The molecule has 6 heteroatoms. The number of hydrogen-bond acceptors (Lipinski definition) is 3. The van der Waals surface area contributed by atoms with Crippen molar-refractivity contribution in [2.45, 2.75) is 69.7 Å². The zero-order valence-electron chi connectivity index (χ0n) is 19.5. The normalized spacial score (nSPS) is 18.5. The number of benzene rings is 2. The van der Waals surface area contributed by atoms with Gasteiger partial charge in [0.25, 0.3) is 0 Å². The molecule has 1 amide bonds. The lowest BCUT2D eigenvalue weighted by Gasteiger charge is -2.20. The molecule has 0 radical (unpaired) electrons. The predicted molar refractivity (Wildman–Crippen MR) is 131 cm³/mol. The molecule has 0 saturated heterocycles. The van der Waals surface area contributed by atoms with E-state index in [0.717, 1.165) is 28.6 Å². The van der Waals surface area contributed by atoms with Crippen LogP contribution in [0.1, 0.15) is 79.2 Å². The van der Waals surface area contributed by atoms with Gasteiger partial charge < -0.3 is 20.1 Å². The van der Waals surface area contributed by atoms with E-state index >= 15 is 0 Å². The van der Waals surface area contributed by atoms with Crippen molar-refractivity contribution in [3.05, 3.63) is 64.8 Å². The molecule has 1 atom stereocenters. The zero-order valence-corrected chi connectivity index (χ0v) is 19.5. The first-order valence-electron chi connectivity index (χ1n) is 12.4. The molecule has 34 heavy (non-hydrogen) atoms. The second kappa shape index (κ2) is 9.53. The van der Waals surface area contributed by atoms with E-state index in [4.69, 9.17) is 15.6 Å². The van der Waals surface area contributed by atoms with Gasteiger partial charge >= 0.3 is 5.97 Å². The number of aliphatic carboxylic acids is 1. The molecule has 5 rings (SSSR count). The Balaban J connectivity index is 1.61. The zero-order chi connectivity index (χ0) is 23.7. The van der Waals surface area contributed by atoms with Gasteiger partial charge in [-0.1, -0.05) is 56.0 Å². The molecule has 2 aromatic carbocycles. The highest BCUT2D eigenvalue weighted by Crippen LogP contribution is 2.45. The first-order valence-corrected chi connectivity index (χ1v) is 12.4. The van der Waals surface area contributed by atoms with Crippen molar-refractivity contribution in [1.29, 1.82) is 0 Å². The van der Waals surface area contributed by atoms with Gasteiger partial charge in [0.15, 0.2) is 6.61 Å². The summed E-state index contributed by atoms with van der Waals surface area (Å²) < 4.78 is 7.97. The number of carbonyl (C=O) groups is 2. The van der Waals surface area contributed by atoms with Gasteiger partial charge in [-0.25, -0.2) is 4.79 Å². The van der Waals surface area contributed by atoms with E-state index in [1.165, 1.54) is 49.7 Å². The smallest absolute Gasteiger partial charge is 0.341 e. The quantitative estimate of drug-likeness (QED) is 0.479. The summed E-state index contributed by atoms with van der Waals surface area (Å²) in [7, 11) is 0. The van der Waals surface area contributed by atoms with Gasteiger partial charge in [-0.2, -0.15) is 0 Å². The summed E-state index contributed by atoms with van der Waals surface area (Å²) >= 11 is 0. The van der Waals surface area contributed by atoms with Gasteiger partial charge in [-0.05, 0) is 60.4 Å². The SMILES string of the molecule is NC(=O)C1CCc2c1c1c(OCC(=O)O)cccc1n2Cc1ccccc1C1CCCCCC1. The average molecular weight is 461 g/mol. The molecule has 178 valence electrons. The number of aromatic nitrogens is 1. The molecule has 3 aromatic rings. The number of rotatable bonds is 7. The number of fused-ring (bicyclic) bond motifs is 3. The molecule has 1 fully saturated rings. The number of amides is 1. The fourth-order valence-electron chi connectivity index (χ4n) is 6.08. The largest absolute Gasteiger partial charge is 0.481 e. The highest BCUT2D eigenvalue weighted by atomic mass is 16.5. The van der Waals surface area contributed by atoms with Crippen molar-refractivity contribution in [3.8, 4) is 5.75 Å². The molecule has 2 aliphatic carbocycles. The first kappa shape index (κ1) is 22.5. The van der Waals surface area contributed by atoms with Crippen LogP contribution in [-0.2, 0) is 22.6 Å². The standard InChI is InChI=1S/C28H32N2O4/c29-28(33)21-14-15-23-26(21)27-22(12-7-13-24(27)34-17-25(31)32)30(23)16-19-10-5-6-11-20(19)18-8-3-1-2-4-9-18/h5-7,10-13,18,21H,1-4,8-9,14-17H2,(H2,29,33)(H,31,32). The van der Waals surface area contributed by atoms with E-state index < -0.39 is 12.6 Å². The number of carboxylic acids is 1. The Kier molecular flexibility index (Phi) is 6.31. The molecule has 0 aliphatic heterocycles. The Morgan fingerprint density at radius 3 is 2.50 bits per heavy atom. The molecule has 0 bridgehead atoms. The van der Waals surface area contributed by atoms with Crippen LogP contribution in [0.5, 0.6) is 5.75 Å². The molecule has 1 saturated carbocycles. The lowest BCUT2D eigenvalue weighted by Crippen LogP contribution is -2.19. The highest BCUT2D eigenvalue weighted by Gasteiger charge is 2.34. The van der Waals surface area contributed by atoms with Gasteiger partial charge in [0.2, 0.25) is 5.91 Å². The van der Waals surface area contributed by atoms with E-state index in [9.17, 15) is 9.59 Å². The predicted octanol–water partition coefficient (Wildman–Crippen LogP) is 5.11. The van der Waals surface area contributed by atoms with Crippen molar-refractivity contribution in [2.75, 3.05) is 6.61 Å². The Morgan fingerprint density at radius 1 is 1.00 bits per heavy atom. The summed E-state index contributed by atoms with van der Waals surface area (Å²) in [6.07, 6.45) is 9.12. The fraction of sp³-hybridized carbons (Fsp3) is 0.429. The molecule has 2 aliphatic rings. The van der Waals surface area contributed by atoms with Crippen LogP contribution >= 0.6 is 0 Å². The number of nitrogens with two attached hydrogens (primary N) is 1. The Labute approximate surface area is 199 Å². The molecule has 1 unspecified atom stereocenters. The number of carbonyl (C=O) groups excluding carboxylic acids is 1. The van der Waals surface area contributed by atoms with Crippen LogP contribution in [0.4, 0.5) is 0 Å². The van der Waals surface area contributed by atoms with Gasteiger partial charge in [0.1, 0.15) is 5.75 Å². The summed E-state index contributed by atoms with van der Waals surface area (Å²) in [4.78, 5) is 23.5. The maximum atomic E-state index is 12.3. The van der Waals surface area contributed by atoms with Crippen molar-refractivity contribution in [2.24, 2.45) is 5.73 Å². The highest BCUT2D eigenvalue weighted by molar-refractivity contribution is 5.97. The molecular weight excluding hydrogens is 428 g/mol. The van der Waals surface area contributed by atoms with E-state index in [-0.39, 0.29) is 11.8 Å². The molecule has 1 aromatic heterocycles. The van der Waals surface area contributed by atoms with Gasteiger partial charge in [-0.3, -0.25) is 4.79 Å². The van der Waals surface area contributed by atoms with Crippen LogP contribution in [0.3, 0.4) is 0 Å². The number of primary amides is 1. The van der Waals surface area contributed by atoms with Crippen molar-refractivity contribution >= 4 is 22.8 Å². The fourth-order valence-corrected chi connectivity index (χ4v) is 6.08. The summed E-state index contributed by atoms with van der Waals surface area (Å²) in [5, 5.41) is 9.98. The number of carboxylic acid groups (broad SMARTS) is 1. The van der Waals surface area contributed by atoms with Crippen LogP contribution in [0.2, 0.25) is 0 Å². The van der Waals surface area contributed by atoms with E-state index in [1.807, 2.05) is 12.1 Å². The first-order chi connectivity index (χ1) is 16.5. The monoisotopic (exact) mass is 460 g/mol. The van der Waals surface area contributed by atoms with E-state index in [0.29, 0.717) is 24.6 Å². The Bertz CT molecular complexity index is 1220.